The van der Waals surface area contributed by atoms with E-state index < -0.39 is 10.1 Å². The van der Waals surface area contributed by atoms with E-state index >= 15 is 0 Å². The van der Waals surface area contributed by atoms with Crippen LogP contribution in [0.3, 0.4) is 0 Å². The number of rotatable bonds is 24. The molecule has 0 amide bonds. The van der Waals surface area contributed by atoms with Crippen LogP contribution in [0.25, 0.3) is 0 Å². The minimum Gasteiger partial charge on any atom is -1.00 e. The molecular weight excluding hydrogens is 540 g/mol. The van der Waals surface area contributed by atoms with Crippen LogP contribution in [0.5, 0.6) is 0 Å². The summed E-state index contributed by atoms with van der Waals surface area (Å²) in [6, 6.07) is 0. The third-order valence-electron chi connectivity index (χ3n) is 7.89. The summed E-state index contributed by atoms with van der Waals surface area (Å²) in [5.41, 5.74) is 0. The molecule has 0 aromatic carbocycles. The van der Waals surface area contributed by atoms with Gasteiger partial charge in [0.2, 0.25) is 0 Å². The van der Waals surface area contributed by atoms with E-state index in [0.29, 0.717) is 6.26 Å². The van der Waals surface area contributed by atoms with Crippen LogP contribution >= 0.6 is 0 Å². The SMILES string of the molecule is CCCC[N+](CCCC)(CCCC)CCCC.CCCC[N+](CCCC)(CCCC)CCCC.CS(=O)(=O)[O-].[Cl-]. The molecular formula is C33H75ClN2O3S. The molecule has 7 heteroatoms. The summed E-state index contributed by atoms with van der Waals surface area (Å²) in [5.74, 6) is 0. The maximum Gasteiger partial charge on any atom is 0.0916 e. The van der Waals surface area contributed by atoms with Gasteiger partial charge in [-0.2, -0.15) is 0 Å². The van der Waals surface area contributed by atoms with E-state index in [4.69, 9.17) is 13.0 Å². The van der Waals surface area contributed by atoms with Gasteiger partial charge in [-0.05, 0) is 51.4 Å². The average molecular weight is 615 g/mol. The molecule has 0 rings (SSSR count). The van der Waals surface area contributed by atoms with Crippen molar-refractivity contribution in [2.24, 2.45) is 0 Å². The zero-order valence-corrected chi connectivity index (χ0v) is 30.4. The normalized spacial score (nSPS) is 11.7. The van der Waals surface area contributed by atoms with Crippen LogP contribution in [0.15, 0.2) is 0 Å². The quantitative estimate of drug-likeness (QED) is 0.0965. The summed E-state index contributed by atoms with van der Waals surface area (Å²) in [6.45, 7) is 30.0. The Morgan fingerprint density at radius 3 is 0.575 bits per heavy atom. The Hall–Kier alpha value is 0.120. The predicted octanol–water partition coefficient (Wildman–Crippen LogP) is 6.17. The predicted molar refractivity (Wildman–Crippen MR) is 174 cm³/mol. The molecule has 0 radical (unpaired) electrons. The first-order valence-corrected chi connectivity index (χ1v) is 18.9. The first-order chi connectivity index (χ1) is 18.5. The number of hydrogen-bond acceptors (Lipinski definition) is 3. The lowest BCUT2D eigenvalue weighted by atomic mass is 10.1. The summed E-state index contributed by atoms with van der Waals surface area (Å²) in [6.07, 6.45) is 22.7. The molecule has 0 atom stereocenters. The Balaban J connectivity index is -0.000000271. The molecule has 0 N–H and O–H groups in total. The van der Waals surface area contributed by atoms with Crippen molar-refractivity contribution >= 4 is 10.1 Å². The Morgan fingerprint density at radius 1 is 0.400 bits per heavy atom. The molecule has 5 nitrogen and oxygen atoms in total. The zero-order chi connectivity index (χ0) is 30.5. The number of quaternary nitrogens is 2. The van der Waals surface area contributed by atoms with Crippen molar-refractivity contribution in [2.45, 2.75) is 158 Å². The summed E-state index contributed by atoms with van der Waals surface area (Å²) in [7, 11) is -3.92. The Morgan fingerprint density at radius 2 is 0.500 bits per heavy atom. The second-order valence-corrected chi connectivity index (χ2v) is 13.4. The molecule has 0 aromatic rings. The first-order valence-electron chi connectivity index (χ1n) is 17.1. The van der Waals surface area contributed by atoms with E-state index in [9.17, 15) is 0 Å². The average Bonchev–Trinajstić information content (AvgIpc) is 2.91. The van der Waals surface area contributed by atoms with Crippen molar-refractivity contribution < 1.29 is 34.3 Å². The van der Waals surface area contributed by atoms with Gasteiger partial charge in [-0.3, -0.25) is 0 Å². The number of nitrogens with zero attached hydrogens (tertiary/aromatic N) is 2. The second-order valence-electron chi connectivity index (χ2n) is 12.0. The van der Waals surface area contributed by atoms with Crippen molar-refractivity contribution in [2.75, 3.05) is 58.6 Å². The van der Waals surface area contributed by atoms with Crippen molar-refractivity contribution in [3.8, 4) is 0 Å². The van der Waals surface area contributed by atoms with Crippen LogP contribution in [0, 0.1) is 0 Å². The van der Waals surface area contributed by atoms with Gasteiger partial charge in [-0.25, -0.2) is 8.42 Å². The lowest BCUT2D eigenvalue weighted by Crippen LogP contribution is -3.00. The smallest absolute Gasteiger partial charge is 0.0916 e. The summed E-state index contributed by atoms with van der Waals surface area (Å²) >= 11 is 0. The van der Waals surface area contributed by atoms with Crippen molar-refractivity contribution in [3.05, 3.63) is 0 Å². The highest BCUT2D eigenvalue weighted by Gasteiger charge is 2.25. The molecule has 0 heterocycles. The second kappa shape index (κ2) is 32.0. The van der Waals surface area contributed by atoms with Gasteiger partial charge in [0, 0.05) is 6.26 Å². The topological polar surface area (TPSA) is 57.2 Å². The Bertz CT molecular complexity index is 469. The van der Waals surface area contributed by atoms with Gasteiger partial charge in [-0.15, -0.1) is 0 Å². The van der Waals surface area contributed by atoms with Crippen molar-refractivity contribution in [1.82, 2.24) is 0 Å². The minimum atomic E-state index is -3.92. The molecule has 40 heavy (non-hydrogen) atoms. The van der Waals surface area contributed by atoms with Gasteiger partial charge in [0.05, 0.1) is 62.5 Å². The molecule has 0 saturated carbocycles. The molecule has 0 aliphatic rings. The molecule has 248 valence electrons. The molecule has 0 aromatic heterocycles. The lowest BCUT2D eigenvalue weighted by molar-refractivity contribution is -0.929. The Kier molecular flexibility index (Phi) is 37.7. The molecule has 0 aliphatic heterocycles. The van der Waals surface area contributed by atoms with Gasteiger partial charge in [0.25, 0.3) is 0 Å². The van der Waals surface area contributed by atoms with Crippen LogP contribution in [0.2, 0.25) is 0 Å². The number of unbranched alkanes of at least 4 members (excludes halogenated alkanes) is 8. The largest absolute Gasteiger partial charge is 1.00 e. The highest BCUT2D eigenvalue weighted by molar-refractivity contribution is 7.84. The molecule has 0 bridgehead atoms. The van der Waals surface area contributed by atoms with Crippen LogP contribution < -0.4 is 12.4 Å². The van der Waals surface area contributed by atoms with Gasteiger partial charge in [0.15, 0.2) is 0 Å². The molecule has 0 saturated heterocycles. The van der Waals surface area contributed by atoms with E-state index in [1.54, 1.807) is 0 Å². The maximum absolute atomic E-state index is 9.08. The van der Waals surface area contributed by atoms with Crippen molar-refractivity contribution in [3.63, 3.8) is 0 Å². The third-order valence-corrected chi connectivity index (χ3v) is 7.89. The summed E-state index contributed by atoms with van der Waals surface area (Å²) in [5, 5.41) is 0. The van der Waals surface area contributed by atoms with Crippen LogP contribution in [-0.4, -0.2) is 80.6 Å². The number of hydrogen-bond donors (Lipinski definition) is 0. The van der Waals surface area contributed by atoms with Gasteiger partial charge in [0.1, 0.15) is 0 Å². The van der Waals surface area contributed by atoms with Crippen LogP contribution in [-0.2, 0) is 10.1 Å². The minimum absolute atomic E-state index is 0. The summed E-state index contributed by atoms with van der Waals surface area (Å²) < 4.78 is 30.1. The molecule has 0 spiro atoms. The van der Waals surface area contributed by atoms with Gasteiger partial charge in [-0.1, -0.05) is 107 Å². The third kappa shape index (κ3) is 32.6. The highest BCUT2D eigenvalue weighted by atomic mass is 35.5. The van der Waals surface area contributed by atoms with E-state index in [1.807, 2.05) is 0 Å². The fourth-order valence-electron chi connectivity index (χ4n) is 5.29. The van der Waals surface area contributed by atoms with E-state index in [2.05, 4.69) is 55.4 Å². The fraction of sp³-hybridized carbons (Fsp3) is 1.00. The van der Waals surface area contributed by atoms with Gasteiger partial charge < -0.3 is 25.9 Å². The standard InChI is InChI=1S/2C16H36N.CH4O3S.ClH/c2*1-5-9-13-17(14-10-6-2,15-11-7-3)16-12-8-4;1-5(2,3)4;/h2*5-16H2,1-4H3;1H3,(H,2,3,4);1H/q2*+1;;/p-2. The van der Waals surface area contributed by atoms with Gasteiger partial charge >= 0.3 is 0 Å². The van der Waals surface area contributed by atoms with E-state index in [0.717, 1.165) is 0 Å². The molecule has 0 fully saturated rings. The Labute approximate surface area is 260 Å². The fourth-order valence-corrected chi connectivity index (χ4v) is 5.29. The van der Waals surface area contributed by atoms with E-state index in [1.165, 1.54) is 164 Å². The first kappa shape index (κ1) is 47.1. The van der Waals surface area contributed by atoms with E-state index in [-0.39, 0.29) is 12.4 Å². The monoisotopic (exact) mass is 615 g/mol. The molecule has 0 aliphatic carbocycles. The van der Waals surface area contributed by atoms with Crippen molar-refractivity contribution in [1.29, 1.82) is 0 Å². The zero-order valence-electron chi connectivity index (χ0n) is 28.9. The van der Waals surface area contributed by atoms with Crippen LogP contribution in [0.1, 0.15) is 158 Å². The summed E-state index contributed by atoms with van der Waals surface area (Å²) in [4.78, 5) is 0. The molecule has 0 unspecified atom stereocenters. The van der Waals surface area contributed by atoms with Crippen LogP contribution in [0.4, 0.5) is 0 Å². The lowest BCUT2D eigenvalue weighted by Gasteiger charge is -2.39. The maximum atomic E-state index is 9.08. The number of halogens is 1. The highest BCUT2D eigenvalue weighted by Crippen LogP contribution is 2.17.